The minimum Gasteiger partial charge on any atom is -0.298 e. The average Bonchev–Trinajstić information content (AvgIpc) is 1.94. The summed E-state index contributed by atoms with van der Waals surface area (Å²) in [6.45, 7) is 0. The lowest BCUT2D eigenvalue weighted by Crippen LogP contribution is -1.80. The number of hydrogen-bond donors (Lipinski definition) is 1. The van der Waals surface area contributed by atoms with Crippen molar-refractivity contribution >= 4 is 30.5 Å². The average molecular weight is 173 g/mol. The van der Waals surface area contributed by atoms with Gasteiger partial charge in [0.15, 0.2) is 6.29 Å². The van der Waals surface area contributed by atoms with E-state index in [1.165, 1.54) is 0 Å². The van der Waals surface area contributed by atoms with Crippen LogP contribution < -0.4 is 0 Å². The summed E-state index contributed by atoms with van der Waals surface area (Å²) in [6.07, 6.45) is 0.730. The van der Waals surface area contributed by atoms with E-state index in [4.69, 9.17) is 11.6 Å². The predicted molar refractivity (Wildman–Crippen MR) is 44.1 cm³/mol. The molecule has 0 bridgehead atoms. The molecule has 1 rings (SSSR count). The second-order valence-electron chi connectivity index (χ2n) is 1.82. The number of thiol groups is 1. The second-order valence-corrected chi connectivity index (χ2v) is 2.74. The fraction of sp³-hybridized carbons (Fsp3) is 0. The molecular weight excluding hydrogens is 168 g/mol. The molecule has 0 spiro atoms. The van der Waals surface area contributed by atoms with E-state index >= 15 is 0 Å². The minimum absolute atomic E-state index is 0.524. The molecule has 0 unspecified atom stereocenters. The first-order valence-corrected chi connectivity index (χ1v) is 3.50. The quantitative estimate of drug-likeness (QED) is 0.509. The zero-order chi connectivity index (χ0) is 7.56. The lowest BCUT2D eigenvalue weighted by atomic mass is 10.2. The van der Waals surface area contributed by atoms with Gasteiger partial charge < -0.3 is 0 Å². The summed E-state index contributed by atoms with van der Waals surface area (Å²) in [5, 5.41) is 0.555. The van der Waals surface area contributed by atoms with Gasteiger partial charge in [-0.2, -0.15) is 0 Å². The van der Waals surface area contributed by atoms with Gasteiger partial charge in [0.2, 0.25) is 0 Å². The van der Waals surface area contributed by atoms with Crippen molar-refractivity contribution in [3.8, 4) is 0 Å². The van der Waals surface area contributed by atoms with Crippen molar-refractivity contribution in [3.63, 3.8) is 0 Å². The maximum Gasteiger partial charge on any atom is 0.151 e. The zero-order valence-corrected chi connectivity index (χ0v) is 6.69. The van der Waals surface area contributed by atoms with Crippen LogP contribution in [-0.4, -0.2) is 6.29 Å². The van der Waals surface area contributed by atoms with Gasteiger partial charge in [0.05, 0.1) is 0 Å². The predicted octanol–water partition coefficient (Wildman–Crippen LogP) is 2.44. The molecule has 0 N–H and O–H groups in total. The van der Waals surface area contributed by atoms with Gasteiger partial charge in [0, 0.05) is 15.5 Å². The Morgan fingerprint density at radius 3 is 2.70 bits per heavy atom. The molecule has 0 saturated carbocycles. The number of benzene rings is 1. The first-order valence-electron chi connectivity index (χ1n) is 2.68. The van der Waals surface area contributed by atoms with Gasteiger partial charge in [-0.15, -0.1) is 12.6 Å². The van der Waals surface area contributed by atoms with Crippen molar-refractivity contribution in [3.05, 3.63) is 28.8 Å². The van der Waals surface area contributed by atoms with Crippen molar-refractivity contribution in [1.29, 1.82) is 0 Å². The van der Waals surface area contributed by atoms with Crippen LogP contribution in [0.2, 0.25) is 5.02 Å². The molecule has 0 atom stereocenters. The summed E-state index contributed by atoms with van der Waals surface area (Å²) in [6, 6.07) is 4.96. The lowest BCUT2D eigenvalue weighted by molar-refractivity contribution is 0.112. The molecule has 3 heteroatoms. The van der Waals surface area contributed by atoms with Crippen molar-refractivity contribution in [2.75, 3.05) is 0 Å². The standard InChI is InChI=1S/C7H5ClOS/c8-6-1-2-7(10)5(3-6)4-9/h1-4,10H. The third-order valence-electron chi connectivity index (χ3n) is 1.12. The Labute approximate surface area is 69.4 Å². The molecule has 0 aromatic heterocycles. The van der Waals surface area contributed by atoms with Crippen LogP contribution >= 0.6 is 24.2 Å². The molecule has 0 aliphatic carbocycles. The van der Waals surface area contributed by atoms with Gasteiger partial charge in [0.1, 0.15) is 0 Å². The maximum atomic E-state index is 10.3. The fourth-order valence-corrected chi connectivity index (χ4v) is 0.992. The zero-order valence-electron chi connectivity index (χ0n) is 5.04. The molecule has 0 aliphatic rings. The molecule has 0 aliphatic heterocycles. The van der Waals surface area contributed by atoms with Gasteiger partial charge in [-0.3, -0.25) is 4.79 Å². The van der Waals surface area contributed by atoms with Gasteiger partial charge in [-0.25, -0.2) is 0 Å². The number of hydrogen-bond acceptors (Lipinski definition) is 2. The van der Waals surface area contributed by atoms with Crippen LogP contribution in [0.4, 0.5) is 0 Å². The Hall–Kier alpha value is -0.470. The second kappa shape index (κ2) is 3.08. The summed E-state index contributed by atoms with van der Waals surface area (Å²) < 4.78 is 0. The monoisotopic (exact) mass is 172 g/mol. The molecular formula is C7H5ClOS. The van der Waals surface area contributed by atoms with Crippen molar-refractivity contribution < 1.29 is 4.79 Å². The van der Waals surface area contributed by atoms with E-state index in [9.17, 15) is 4.79 Å². The molecule has 0 amide bonds. The molecule has 1 aromatic rings. The van der Waals surface area contributed by atoms with Crippen molar-refractivity contribution in [2.24, 2.45) is 0 Å². The molecule has 1 aromatic carbocycles. The number of halogens is 1. The van der Waals surface area contributed by atoms with Crippen molar-refractivity contribution in [2.45, 2.75) is 4.90 Å². The Morgan fingerprint density at radius 1 is 1.50 bits per heavy atom. The SMILES string of the molecule is O=Cc1cc(Cl)ccc1S. The molecule has 1 nitrogen and oxygen atoms in total. The van der Waals surface area contributed by atoms with E-state index in [2.05, 4.69) is 12.6 Å². The Morgan fingerprint density at radius 2 is 2.20 bits per heavy atom. The summed E-state index contributed by atoms with van der Waals surface area (Å²) in [4.78, 5) is 10.9. The van der Waals surface area contributed by atoms with Crippen LogP contribution in [0.25, 0.3) is 0 Å². The van der Waals surface area contributed by atoms with Crippen molar-refractivity contribution in [1.82, 2.24) is 0 Å². The lowest BCUT2D eigenvalue weighted by Gasteiger charge is -1.95. The van der Waals surface area contributed by atoms with E-state index in [-0.39, 0.29) is 0 Å². The third-order valence-corrected chi connectivity index (χ3v) is 1.76. The molecule has 0 heterocycles. The number of rotatable bonds is 1. The Kier molecular flexibility index (Phi) is 2.35. The van der Waals surface area contributed by atoms with E-state index in [1.54, 1.807) is 18.2 Å². The first-order chi connectivity index (χ1) is 4.74. The maximum absolute atomic E-state index is 10.3. The number of carbonyl (C=O) groups excluding carboxylic acids is 1. The van der Waals surface area contributed by atoms with E-state index in [0.717, 1.165) is 6.29 Å². The summed E-state index contributed by atoms with van der Waals surface area (Å²) in [7, 11) is 0. The van der Waals surface area contributed by atoms with Crippen LogP contribution in [-0.2, 0) is 0 Å². The topological polar surface area (TPSA) is 17.1 Å². The van der Waals surface area contributed by atoms with E-state index in [1.807, 2.05) is 0 Å². The fourth-order valence-electron chi connectivity index (χ4n) is 0.620. The Bertz CT molecular complexity index is 260. The van der Waals surface area contributed by atoms with Crippen LogP contribution in [0.15, 0.2) is 23.1 Å². The third kappa shape index (κ3) is 1.52. The highest BCUT2D eigenvalue weighted by Gasteiger charge is 1.96. The van der Waals surface area contributed by atoms with Crippen LogP contribution in [0.3, 0.4) is 0 Å². The molecule has 52 valence electrons. The van der Waals surface area contributed by atoms with Gasteiger partial charge in [-0.1, -0.05) is 11.6 Å². The van der Waals surface area contributed by atoms with Crippen LogP contribution in [0.5, 0.6) is 0 Å². The molecule has 0 radical (unpaired) electrons. The van der Waals surface area contributed by atoms with Crippen LogP contribution in [0, 0.1) is 0 Å². The minimum atomic E-state index is 0.524. The highest BCUT2D eigenvalue weighted by atomic mass is 35.5. The van der Waals surface area contributed by atoms with Gasteiger partial charge in [0.25, 0.3) is 0 Å². The molecule has 0 fully saturated rings. The largest absolute Gasteiger partial charge is 0.298 e. The Balaban J connectivity index is 3.21. The van der Waals surface area contributed by atoms with E-state index in [0.29, 0.717) is 15.5 Å². The number of aldehydes is 1. The summed E-state index contributed by atoms with van der Waals surface area (Å²) in [5.74, 6) is 0. The molecule has 10 heavy (non-hydrogen) atoms. The highest BCUT2D eigenvalue weighted by molar-refractivity contribution is 7.80. The van der Waals surface area contributed by atoms with Gasteiger partial charge >= 0.3 is 0 Å². The highest BCUT2D eigenvalue weighted by Crippen LogP contribution is 2.16. The normalized spacial score (nSPS) is 9.40. The number of carbonyl (C=O) groups is 1. The summed E-state index contributed by atoms with van der Waals surface area (Å²) in [5.41, 5.74) is 0.524. The van der Waals surface area contributed by atoms with Crippen LogP contribution in [0.1, 0.15) is 10.4 Å². The summed E-state index contributed by atoms with van der Waals surface area (Å²) >= 11 is 9.64. The van der Waals surface area contributed by atoms with E-state index < -0.39 is 0 Å². The van der Waals surface area contributed by atoms with Gasteiger partial charge in [-0.05, 0) is 18.2 Å². The smallest absolute Gasteiger partial charge is 0.151 e. The molecule has 0 saturated heterocycles. The first kappa shape index (κ1) is 7.63.